The summed E-state index contributed by atoms with van der Waals surface area (Å²) in [5.41, 5.74) is 1.89. The molecule has 4 nitrogen and oxygen atoms in total. The number of carbonyl (C=O) groups excluding carboxylic acids is 2. The highest BCUT2D eigenvalue weighted by Crippen LogP contribution is 2.23. The number of benzene rings is 2. The molecular weight excluding hydrogens is 266 g/mol. The van der Waals surface area contributed by atoms with Gasteiger partial charge in [0, 0.05) is 6.42 Å². The third-order valence-electron chi connectivity index (χ3n) is 3.41. The molecule has 0 aliphatic carbocycles. The quantitative estimate of drug-likeness (QED) is 0.810. The summed E-state index contributed by atoms with van der Waals surface area (Å²) < 4.78 is 0. The van der Waals surface area contributed by atoms with Crippen molar-refractivity contribution in [2.75, 3.05) is 0 Å². The number of hydroxylamine groups is 2. The van der Waals surface area contributed by atoms with E-state index < -0.39 is 11.8 Å². The average molecular weight is 281 g/mol. The summed E-state index contributed by atoms with van der Waals surface area (Å²) in [5, 5.41) is 0.873. The van der Waals surface area contributed by atoms with Crippen molar-refractivity contribution in [1.82, 2.24) is 5.06 Å². The van der Waals surface area contributed by atoms with Gasteiger partial charge in [-0.15, -0.1) is 5.06 Å². The van der Waals surface area contributed by atoms with E-state index in [-0.39, 0.29) is 6.10 Å². The van der Waals surface area contributed by atoms with Crippen LogP contribution in [0.5, 0.6) is 0 Å². The Morgan fingerprint density at radius 3 is 2.00 bits per heavy atom. The number of nitrogens with zero attached hydrogens (tertiary/aromatic N) is 1. The highest BCUT2D eigenvalue weighted by Gasteiger charge is 2.37. The van der Waals surface area contributed by atoms with E-state index in [9.17, 15) is 9.59 Å². The summed E-state index contributed by atoms with van der Waals surface area (Å²) in [6, 6.07) is 16.6. The van der Waals surface area contributed by atoms with E-state index >= 15 is 0 Å². The highest BCUT2D eigenvalue weighted by molar-refractivity contribution is 6.20. The van der Waals surface area contributed by atoms with Gasteiger partial charge in [-0.2, -0.15) is 0 Å². The maximum Gasteiger partial charge on any atom is 0.285 e. The van der Waals surface area contributed by atoms with Crippen LogP contribution in [-0.2, 0) is 11.3 Å². The molecule has 1 aliphatic heterocycles. The first kappa shape index (κ1) is 13.5. The Morgan fingerprint density at radius 2 is 1.43 bits per heavy atom. The van der Waals surface area contributed by atoms with Crippen LogP contribution in [-0.4, -0.2) is 23.0 Å². The van der Waals surface area contributed by atoms with Crippen LogP contribution in [0.25, 0.3) is 0 Å². The molecule has 0 fully saturated rings. The van der Waals surface area contributed by atoms with Gasteiger partial charge < -0.3 is 0 Å². The van der Waals surface area contributed by atoms with Crippen LogP contribution in [0, 0.1) is 0 Å². The van der Waals surface area contributed by atoms with Crippen LogP contribution in [0.15, 0.2) is 54.6 Å². The standard InChI is InChI=1S/C17H15NO3/c1-12(11-13-7-3-2-4-8-13)21-18-16(19)14-9-5-6-10-15(14)17(18)20/h2-10,12H,11H2,1H3. The zero-order chi connectivity index (χ0) is 14.8. The van der Waals surface area contributed by atoms with E-state index in [0.717, 1.165) is 10.6 Å². The van der Waals surface area contributed by atoms with Crippen molar-refractivity contribution < 1.29 is 14.4 Å². The molecule has 0 radical (unpaired) electrons. The average Bonchev–Trinajstić information content (AvgIpc) is 2.74. The summed E-state index contributed by atoms with van der Waals surface area (Å²) in [7, 11) is 0. The van der Waals surface area contributed by atoms with Crippen molar-refractivity contribution in [1.29, 1.82) is 0 Å². The molecule has 21 heavy (non-hydrogen) atoms. The first-order valence-corrected chi connectivity index (χ1v) is 6.85. The number of imide groups is 1. The molecule has 1 aliphatic rings. The Morgan fingerprint density at radius 1 is 0.905 bits per heavy atom. The molecule has 3 rings (SSSR count). The number of hydrogen-bond donors (Lipinski definition) is 0. The van der Waals surface area contributed by atoms with Crippen LogP contribution >= 0.6 is 0 Å². The van der Waals surface area contributed by atoms with Crippen molar-refractivity contribution in [2.45, 2.75) is 19.4 Å². The fourth-order valence-electron chi connectivity index (χ4n) is 2.43. The predicted molar refractivity (Wildman–Crippen MR) is 77.6 cm³/mol. The molecule has 1 unspecified atom stereocenters. The molecule has 0 N–H and O–H groups in total. The molecule has 4 heteroatoms. The monoisotopic (exact) mass is 281 g/mol. The summed E-state index contributed by atoms with van der Waals surface area (Å²) in [5.74, 6) is -0.786. The highest BCUT2D eigenvalue weighted by atomic mass is 16.7. The summed E-state index contributed by atoms with van der Waals surface area (Å²) >= 11 is 0. The van der Waals surface area contributed by atoms with Gasteiger partial charge in [0.1, 0.15) is 0 Å². The van der Waals surface area contributed by atoms with Crippen molar-refractivity contribution in [3.05, 3.63) is 71.3 Å². The van der Waals surface area contributed by atoms with Gasteiger partial charge in [-0.25, -0.2) is 0 Å². The molecule has 2 aromatic carbocycles. The maximum atomic E-state index is 12.2. The second kappa shape index (κ2) is 5.50. The van der Waals surface area contributed by atoms with Crippen molar-refractivity contribution in [3.63, 3.8) is 0 Å². The molecule has 0 saturated carbocycles. The number of fused-ring (bicyclic) bond motifs is 1. The summed E-state index contributed by atoms with van der Waals surface area (Å²) in [6.07, 6.45) is 0.364. The summed E-state index contributed by atoms with van der Waals surface area (Å²) in [6.45, 7) is 1.84. The Balaban J connectivity index is 1.72. The van der Waals surface area contributed by atoms with Crippen molar-refractivity contribution in [3.8, 4) is 0 Å². The van der Waals surface area contributed by atoms with Gasteiger partial charge in [0.15, 0.2) is 0 Å². The molecule has 2 aromatic rings. The minimum atomic E-state index is -0.393. The van der Waals surface area contributed by atoms with Gasteiger partial charge in [0.25, 0.3) is 11.8 Å². The largest absolute Gasteiger partial charge is 0.285 e. The third-order valence-corrected chi connectivity index (χ3v) is 3.41. The van der Waals surface area contributed by atoms with E-state index in [1.54, 1.807) is 24.3 Å². The molecule has 1 atom stereocenters. The smallest absolute Gasteiger partial charge is 0.266 e. The molecule has 0 aromatic heterocycles. The molecule has 0 spiro atoms. The lowest BCUT2D eigenvalue weighted by Crippen LogP contribution is -2.34. The number of rotatable bonds is 4. The van der Waals surface area contributed by atoms with Gasteiger partial charge in [-0.3, -0.25) is 14.4 Å². The second-order valence-electron chi connectivity index (χ2n) is 5.06. The van der Waals surface area contributed by atoms with Crippen LogP contribution in [0.4, 0.5) is 0 Å². The van der Waals surface area contributed by atoms with Gasteiger partial charge >= 0.3 is 0 Å². The van der Waals surface area contributed by atoms with Crippen LogP contribution in [0.1, 0.15) is 33.2 Å². The molecular formula is C17H15NO3. The fraction of sp³-hybridized carbons (Fsp3) is 0.176. The topological polar surface area (TPSA) is 46.6 Å². The normalized spacial score (nSPS) is 15.2. The molecule has 0 saturated heterocycles. The number of hydrogen-bond acceptors (Lipinski definition) is 3. The molecule has 106 valence electrons. The number of carbonyl (C=O) groups is 2. The minimum Gasteiger partial charge on any atom is -0.266 e. The lowest BCUT2D eigenvalue weighted by atomic mass is 10.1. The van der Waals surface area contributed by atoms with Gasteiger partial charge in [0.05, 0.1) is 17.2 Å². The van der Waals surface area contributed by atoms with E-state index in [2.05, 4.69) is 0 Å². The Labute approximate surface area is 122 Å². The first-order valence-electron chi connectivity index (χ1n) is 6.85. The van der Waals surface area contributed by atoms with E-state index in [1.165, 1.54) is 0 Å². The Bertz CT molecular complexity index is 646. The zero-order valence-corrected chi connectivity index (χ0v) is 11.7. The fourth-order valence-corrected chi connectivity index (χ4v) is 2.43. The van der Waals surface area contributed by atoms with Crippen molar-refractivity contribution >= 4 is 11.8 Å². The zero-order valence-electron chi connectivity index (χ0n) is 11.7. The Hall–Kier alpha value is -2.46. The predicted octanol–water partition coefficient (Wildman–Crippen LogP) is 2.85. The third kappa shape index (κ3) is 2.58. The molecule has 1 heterocycles. The lowest BCUT2D eigenvalue weighted by Gasteiger charge is -2.19. The molecule has 0 bridgehead atoms. The van der Waals surface area contributed by atoms with E-state index in [1.807, 2.05) is 37.3 Å². The maximum absolute atomic E-state index is 12.2. The van der Waals surface area contributed by atoms with E-state index in [0.29, 0.717) is 17.5 Å². The van der Waals surface area contributed by atoms with E-state index in [4.69, 9.17) is 4.84 Å². The summed E-state index contributed by atoms with van der Waals surface area (Å²) in [4.78, 5) is 29.9. The van der Waals surface area contributed by atoms with Crippen LogP contribution in [0.3, 0.4) is 0 Å². The molecule has 2 amide bonds. The Kier molecular flexibility index (Phi) is 3.54. The lowest BCUT2D eigenvalue weighted by molar-refractivity contribution is -0.125. The first-order chi connectivity index (χ1) is 10.2. The van der Waals surface area contributed by atoms with Gasteiger partial charge in [0.2, 0.25) is 0 Å². The minimum absolute atomic E-state index is 0.269. The van der Waals surface area contributed by atoms with Crippen LogP contribution in [0.2, 0.25) is 0 Å². The number of amides is 2. The SMILES string of the molecule is CC(Cc1ccccc1)ON1C(=O)c2ccccc2C1=O. The van der Waals surface area contributed by atoms with Gasteiger partial charge in [-0.1, -0.05) is 42.5 Å². The van der Waals surface area contributed by atoms with Crippen LogP contribution < -0.4 is 0 Å². The van der Waals surface area contributed by atoms with Gasteiger partial charge in [-0.05, 0) is 24.6 Å². The second-order valence-corrected chi connectivity index (χ2v) is 5.06. The van der Waals surface area contributed by atoms with Crippen molar-refractivity contribution in [2.24, 2.45) is 0 Å².